The normalized spacial score (nSPS) is 11.3. The third kappa shape index (κ3) is 4.70. The number of hydrogen-bond acceptors (Lipinski definition) is 3. The van der Waals surface area contributed by atoms with Crippen LogP contribution in [-0.2, 0) is 10.0 Å². The standard InChI is InChI=1S/C18H13Cl2NO2S2/c19-13-6-11-17(20)18(12-13)25(22,23)21-14-7-9-16(10-8-14)24-15-4-2-1-3-5-15/h1-12,21H. The van der Waals surface area contributed by atoms with Crippen LogP contribution in [0.25, 0.3) is 0 Å². The van der Waals surface area contributed by atoms with Crippen LogP contribution in [0.5, 0.6) is 0 Å². The molecule has 0 radical (unpaired) electrons. The summed E-state index contributed by atoms with van der Waals surface area (Å²) in [5, 5.41) is 0.424. The van der Waals surface area contributed by atoms with Crippen LogP contribution in [0, 0.1) is 0 Å². The summed E-state index contributed by atoms with van der Waals surface area (Å²) in [4.78, 5) is 2.07. The molecule has 3 rings (SSSR count). The van der Waals surface area contributed by atoms with Crippen molar-refractivity contribution in [2.24, 2.45) is 0 Å². The lowest BCUT2D eigenvalue weighted by molar-refractivity contribution is 0.601. The van der Waals surface area contributed by atoms with Crippen molar-refractivity contribution in [2.75, 3.05) is 4.72 Å². The third-order valence-corrected chi connectivity index (χ3v) is 6.38. The molecule has 3 nitrogen and oxygen atoms in total. The molecular formula is C18H13Cl2NO2S2. The Morgan fingerprint density at radius 3 is 2.12 bits per heavy atom. The zero-order valence-electron chi connectivity index (χ0n) is 12.8. The molecule has 0 fully saturated rings. The minimum Gasteiger partial charge on any atom is -0.280 e. The van der Waals surface area contributed by atoms with Crippen LogP contribution in [0.15, 0.2) is 87.5 Å². The van der Waals surface area contributed by atoms with Crippen LogP contribution in [0.1, 0.15) is 0 Å². The maximum Gasteiger partial charge on any atom is 0.263 e. The summed E-state index contributed by atoms with van der Waals surface area (Å²) in [6.07, 6.45) is 0. The number of hydrogen-bond donors (Lipinski definition) is 1. The van der Waals surface area contributed by atoms with Gasteiger partial charge in [-0.3, -0.25) is 4.72 Å². The summed E-state index contributed by atoms with van der Waals surface area (Å²) in [6, 6.07) is 21.4. The Labute approximate surface area is 161 Å². The number of benzene rings is 3. The first-order valence-electron chi connectivity index (χ1n) is 7.25. The Balaban J connectivity index is 1.78. The van der Waals surface area contributed by atoms with Gasteiger partial charge in [0.25, 0.3) is 10.0 Å². The van der Waals surface area contributed by atoms with Crippen molar-refractivity contribution in [3.8, 4) is 0 Å². The van der Waals surface area contributed by atoms with Crippen LogP contribution in [0.3, 0.4) is 0 Å². The van der Waals surface area contributed by atoms with Crippen LogP contribution in [-0.4, -0.2) is 8.42 Å². The first-order chi connectivity index (χ1) is 11.9. The highest BCUT2D eigenvalue weighted by Gasteiger charge is 2.18. The number of rotatable bonds is 5. The molecule has 0 heterocycles. The molecule has 0 aliphatic heterocycles. The lowest BCUT2D eigenvalue weighted by Gasteiger charge is -2.10. The van der Waals surface area contributed by atoms with E-state index in [9.17, 15) is 8.42 Å². The Morgan fingerprint density at radius 2 is 1.44 bits per heavy atom. The molecule has 1 N–H and O–H groups in total. The van der Waals surface area contributed by atoms with Gasteiger partial charge >= 0.3 is 0 Å². The summed E-state index contributed by atoms with van der Waals surface area (Å²) in [7, 11) is -3.81. The Morgan fingerprint density at radius 1 is 0.800 bits per heavy atom. The molecule has 3 aromatic carbocycles. The van der Waals surface area contributed by atoms with Gasteiger partial charge in [-0.15, -0.1) is 0 Å². The topological polar surface area (TPSA) is 46.2 Å². The highest BCUT2D eigenvalue weighted by molar-refractivity contribution is 7.99. The highest BCUT2D eigenvalue weighted by Crippen LogP contribution is 2.30. The van der Waals surface area contributed by atoms with Gasteiger partial charge in [0.1, 0.15) is 4.90 Å². The largest absolute Gasteiger partial charge is 0.280 e. The smallest absolute Gasteiger partial charge is 0.263 e. The molecule has 0 unspecified atom stereocenters. The lowest BCUT2D eigenvalue weighted by Crippen LogP contribution is -2.13. The van der Waals surface area contributed by atoms with Crippen molar-refractivity contribution in [1.29, 1.82) is 0 Å². The van der Waals surface area contributed by atoms with E-state index in [1.54, 1.807) is 30.0 Å². The maximum absolute atomic E-state index is 12.5. The molecule has 0 atom stereocenters. The minimum absolute atomic E-state index is 0.0515. The molecule has 0 aliphatic rings. The fraction of sp³-hybridized carbons (Fsp3) is 0. The van der Waals surface area contributed by atoms with E-state index >= 15 is 0 Å². The van der Waals surface area contributed by atoms with E-state index in [1.807, 2.05) is 42.5 Å². The van der Waals surface area contributed by atoms with Gasteiger partial charge in [-0.05, 0) is 54.6 Å². The molecular weight excluding hydrogens is 397 g/mol. The Bertz CT molecular complexity index is 976. The second-order valence-electron chi connectivity index (χ2n) is 5.12. The van der Waals surface area contributed by atoms with Crippen molar-refractivity contribution < 1.29 is 8.42 Å². The minimum atomic E-state index is -3.81. The van der Waals surface area contributed by atoms with Gasteiger partial charge in [0.05, 0.1) is 5.02 Å². The second kappa shape index (κ2) is 7.70. The Hall–Kier alpha value is -1.66. The second-order valence-corrected chi connectivity index (χ2v) is 8.76. The van der Waals surface area contributed by atoms with Crippen molar-refractivity contribution in [2.45, 2.75) is 14.7 Å². The maximum atomic E-state index is 12.5. The van der Waals surface area contributed by atoms with E-state index in [2.05, 4.69) is 4.72 Å². The molecule has 25 heavy (non-hydrogen) atoms. The molecule has 0 saturated carbocycles. The monoisotopic (exact) mass is 409 g/mol. The van der Waals surface area contributed by atoms with Gasteiger partial charge < -0.3 is 0 Å². The summed E-state index contributed by atoms with van der Waals surface area (Å²) in [5.74, 6) is 0. The number of sulfonamides is 1. The molecule has 0 aromatic heterocycles. The molecule has 3 aromatic rings. The van der Waals surface area contributed by atoms with Gasteiger partial charge in [-0.2, -0.15) is 0 Å². The van der Waals surface area contributed by atoms with Gasteiger partial charge in [0.15, 0.2) is 0 Å². The predicted molar refractivity (Wildman–Crippen MR) is 104 cm³/mol. The molecule has 0 aliphatic carbocycles. The van der Waals surface area contributed by atoms with Crippen LogP contribution in [0.2, 0.25) is 10.0 Å². The van der Waals surface area contributed by atoms with E-state index in [-0.39, 0.29) is 9.92 Å². The summed E-state index contributed by atoms with van der Waals surface area (Å²) >= 11 is 13.5. The average Bonchev–Trinajstić information content (AvgIpc) is 2.59. The van der Waals surface area contributed by atoms with E-state index in [0.717, 1.165) is 9.79 Å². The van der Waals surface area contributed by atoms with E-state index in [0.29, 0.717) is 10.7 Å². The molecule has 128 valence electrons. The first kappa shape index (κ1) is 18.1. The zero-order valence-corrected chi connectivity index (χ0v) is 16.0. The quantitative estimate of drug-likeness (QED) is 0.566. The van der Waals surface area contributed by atoms with Crippen LogP contribution < -0.4 is 4.72 Å². The fourth-order valence-electron chi connectivity index (χ4n) is 2.11. The predicted octanol–water partition coefficient (Wildman–Crippen LogP) is 5.95. The highest BCUT2D eigenvalue weighted by atomic mass is 35.5. The van der Waals surface area contributed by atoms with Crippen molar-refractivity contribution in [3.05, 3.63) is 82.8 Å². The first-order valence-corrected chi connectivity index (χ1v) is 10.3. The molecule has 0 bridgehead atoms. The number of halogens is 2. The van der Waals surface area contributed by atoms with E-state index in [1.165, 1.54) is 12.1 Å². The van der Waals surface area contributed by atoms with Crippen molar-refractivity contribution in [3.63, 3.8) is 0 Å². The molecule has 0 spiro atoms. The van der Waals surface area contributed by atoms with Gasteiger partial charge in [-0.25, -0.2) is 8.42 Å². The van der Waals surface area contributed by atoms with Gasteiger partial charge in [0.2, 0.25) is 0 Å². The fourth-order valence-corrected chi connectivity index (χ4v) is 4.77. The third-order valence-electron chi connectivity index (χ3n) is 3.27. The summed E-state index contributed by atoms with van der Waals surface area (Å²) in [5.41, 5.74) is 0.452. The summed E-state index contributed by atoms with van der Waals surface area (Å²) in [6.45, 7) is 0. The molecule has 0 amide bonds. The zero-order chi connectivity index (χ0) is 17.9. The van der Waals surface area contributed by atoms with Gasteiger partial charge in [0, 0.05) is 20.5 Å². The van der Waals surface area contributed by atoms with Crippen LogP contribution >= 0.6 is 35.0 Å². The Kier molecular flexibility index (Phi) is 5.59. The van der Waals surface area contributed by atoms with E-state index < -0.39 is 10.0 Å². The van der Waals surface area contributed by atoms with Gasteiger partial charge in [-0.1, -0.05) is 53.2 Å². The SMILES string of the molecule is O=S(=O)(Nc1ccc(Sc2ccccc2)cc1)c1cc(Cl)ccc1Cl. The molecule has 0 saturated heterocycles. The lowest BCUT2D eigenvalue weighted by atomic mass is 10.3. The summed E-state index contributed by atoms with van der Waals surface area (Å²) < 4.78 is 27.5. The van der Waals surface area contributed by atoms with Crippen LogP contribution in [0.4, 0.5) is 5.69 Å². The van der Waals surface area contributed by atoms with E-state index in [4.69, 9.17) is 23.2 Å². The average molecular weight is 410 g/mol. The number of nitrogens with one attached hydrogen (secondary N) is 1. The molecule has 7 heteroatoms. The van der Waals surface area contributed by atoms with Crippen molar-refractivity contribution in [1.82, 2.24) is 0 Å². The number of anilines is 1. The van der Waals surface area contributed by atoms with Crippen molar-refractivity contribution >= 4 is 50.7 Å².